The normalized spacial score (nSPS) is 12.8. The summed E-state index contributed by atoms with van der Waals surface area (Å²) >= 11 is 5.78. The van der Waals surface area contributed by atoms with Gasteiger partial charge in [-0.15, -0.1) is 0 Å². The van der Waals surface area contributed by atoms with E-state index in [1.54, 1.807) is 32.0 Å². The van der Waals surface area contributed by atoms with Gasteiger partial charge < -0.3 is 5.11 Å². The number of sulfonamides is 1. The van der Waals surface area contributed by atoms with Crippen LogP contribution < -0.4 is 4.72 Å². The third-order valence-electron chi connectivity index (χ3n) is 2.74. The van der Waals surface area contributed by atoms with E-state index in [-0.39, 0.29) is 11.5 Å². The second-order valence-corrected chi connectivity index (χ2v) is 7.21. The number of aliphatic hydroxyl groups is 1. The summed E-state index contributed by atoms with van der Waals surface area (Å²) in [4.78, 5) is 4.22. The van der Waals surface area contributed by atoms with Crippen LogP contribution in [-0.2, 0) is 10.0 Å². The predicted octanol–water partition coefficient (Wildman–Crippen LogP) is 1.94. The van der Waals surface area contributed by atoms with E-state index in [2.05, 4.69) is 9.71 Å². The topological polar surface area (TPSA) is 79.3 Å². The first-order chi connectivity index (χ1) is 9.23. The van der Waals surface area contributed by atoms with E-state index >= 15 is 0 Å². The Morgan fingerprint density at radius 1 is 1.30 bits per heavy atom. The number of hydrogen-bond acceptors (Lipinski definition) is 4. The molecule has 1 aromatic heterocycles. The second kappa shape index (κ2) is 5.29. The zero-order valence-corrected chi connectivity index (χ0v) is 12.7. The lowest BCUT2D eigenvalue weighted by molar-refractivity contribution is 0.208. The minimum Gasteiger partial charge on any atom is -0.394 e. The number of rotatable bonds is 4. The van der Waals surface area contributed by atoms with Gasteiger partial charge in [0.25, 0.3) is 0 Å². The monoisotopic (exact) mass is 314 g/mol. The van der Waals surface area contributed by atoms with Crippen LogP contribution in [0.1, 0.15) is 13.8 Å². The first-order valence-corrected chi connectivity index (χ1v) is 7.81. The van der Waals surface area contributed by atoms with Crippen LogP contribution in [0.15, 0.2) is 35.2 Å². The van der Waals surface area contributed by atoms with E-state index in [4.69, 9.17) is 16.7 Å². The van der Waals surface area contributed by atoms with Crippen molar-refractivity contribution in [2.45, 2.75) is 24.3 Å². The van der Waals surface area contributed by atoms with Crippen molar-refractivity contribution < 1.29 is 13.5 Å². The predicted molar refractivity (Wildman–Crippen MR) is 78.2 cm³/mol. The minimum atomic E-state index is -3.70. The number of aromatic nitrogens is 1. The third kappa shape index (κ3) is 3.27. The molecule has 1 heterocycles. The van der Waals surface area contributed by atoms with Crippen LogP contribution >= 0.6 is 11.6 Å². The van der Waals surface area contributed by atoms with Crippen molar-refractivity contribution in [3.8, 4) is 0 Å². The van der Waals surface area contributed by atoms with Crippen LogP contribution in [0.5, 0.6) is 0 Å². The number of fused-ring (bicyclic) bond motifs is 1. The van der Waals surface area contributed by atoms with Gasteiger partial charge in [-0.05, 0) is 44.2 Å². The average Bonchev–Trinajstić information content (AvgIpc) is 2.37. The van der Waals surface area contributed by atoms with Crippen molar-refractivity contribution in [3.63, 3.8) is 0 Å². The zero-order chi connectivity index (χ0) is 15.0. The molecule has 0 saturated heterocycles. The summed E-state index contributed by atoms with van der Waals surface area (Å²) in [5.74, 6) is 0. The van der Waals surface area contributed by atoms with E-state index < -0.39 is 15.6 Å². The molecule has 1 aromatic carbocycles. The number of nitrogens with one attached hydrogen (secondary N) is 1. The molecule has 2 rings (SSSR count). The fourth-order valence-electron chi connectivity index (χ4n) is 1.70. The Morgan fingerprint density at radius 3 is 2.65 bits per heavy atom. The molecule has 0 spiro atoms. The Bertz CT molecular complexity index is 744. The van der Waals surface area contributed by atoms with Crippen molar-refractivity contribution in [2.75, 3.05) is 6.61 Å². The van der Waals surface area contributed by atoms with E-state index in [9.17, 15) is 8.42 Å². The fourth-order valence-corrected chi connectivity index (χ4v) is 3.29. The highest BCUT2D eigenvalue weighted by Crippen LogP contribution is 2.20. The molecular weight excluding hydrogens is 300 g/mol. The molecule has 0 saturated carbocycles. The zero-order valence-electron chi connectivity index (χ0n) is 11.1. The molecule has 0 unspecified atom stereocenters. The van der Waals surface area contributed by atoms with Gasteiger partial charge in [-0.1, -0.05) is 11.6 Å². The molecule has 0 bridgehead atoms. The van der Waals surface area contributed by atoms with Crippen molar-refractivity contribution >= 4 is 32.5 Å². The number of hydrogen-bond donors (Lipinski definition) is 2. The summed E-state index contributed by atoms with van der Waals surface area (Å²) in [6, 6.07) is 7.89. The van der Waals surface area contributed by atoms with Crippen LogP contribution in [-0.4, -0.2) is 30.7 Å². The molecule has 0 aliphatic rings. The molecule has 7 heteroatoms. The lowest BCUT2D eigenvalue weighted by Crippen LogP contribution is -2.46. The largest absolute Gasteiger partial charge is 0.394 e. The molecule has 0 aliphatic heterocycles. The van der Waals surface area contributed by atoms with Crippen LogP contribution in [0.3, 0.4) is 0 Å². The molecule has 20 heavy (non-hydrogen) atoms. The Labute approximate surface area is 122 Å². The van der Waals surface area contributed by atoms with E-state index in [1.807, 2.05) is 0 Å². The highest BCUT2D eigenvalue weighted by atomic mass is 35.5. The van der Waals surface area contributed by atoms with Crippen LogP contribution in [0.25, 0.3) is 10.9 Å². The van der Waals surface area contributed by atoms with Crippen LogP contribution in [0.4, 0.5) is 0 Å². The van der Waals surface area contributed by atoms with Crippen molar-refractivity contribution in [2.24, 2.45) is 0 Å². The molecule has 0 fully saturated rings. The molecule has 0 atom stereocenters. The summed E-state index contributed by atoms with van der Waals surface area (Å²) in [6.45, 7) is 2.91. The average molecular weight is 315 g/mol. The molecule has 0 amide bonds. The lowest BCUT2D eigenvalue weighted by Gasteiger charge is -2.23. The first-order valence-electron chi connectivity index (χ1n) is 5.95. The smallest absolute Gasteiger partial charge is 0.241 e. The Morgan fingerprint density at radius 2 is 2.00 bits per heavy atom. The van der Waals surface area contributed by atoms with Gasteiger partial charge in [0.15, 0.2) is 0 Å². The number of benzene rings is 1. The third-order valence-corrected chi connectivity index (χ3v) is 4.65. The molecule has 0 radical (unpaired) electrons. The number of halogens is 1. The van der Waals surface area contributed by atoms with Gasteiger partial charge in [0.05, 0.1) is 22.6 Å². The Hall–Kier alpha value is -1.21. The van der Waals surface area contributed by atoms with E-state index in [0.717, 1.165) is 0 Å². The van der Waals surface area contributed by atoms with Crippen LogP contribution in [0, 0.1) is 0 Å². The first kappa shape index (κ1) is 15.2. The second-order valence-electron chi connectivity index (χ2n) is 5.14. The summed E-state index contributed by atoms with van der Waals surface area (Å²) in [7, 11) is -3.70. The van der Waals surface area contributed by atoms with E-state index in [0.29, 0.717) is 16.1 Å². The quantitative estimate of drug-likeness (QED) is 0.845. The van der Waals surface area contributed by atoms with Gasteiger partial charge in [0, 0.05) is 5.39 Å². The van der Waals surface area contributed by atoms with Gasteiger partial charge in [-0.25, -0.2) is 18.1 Å². The number of aliphatic hydroxyl groups excluding tert-OH is 1. The van der Waals surface area contributed by atoms with Gasteiger partial charge in [0.1, 0.15) is 5.15 Å². The maximum absolute atomic E-state index is 12.2. The maximum atomic E-state index is 12.2. The summed E-state index contributed by atoms with van der Waals surface area (Å²) in [5, 5.41) is 10.2. The summed E-state index contributed by atoms with van der Waals surface area (Å²) in [6.07, 6.45) is 0. The van der Waals surface area contributed by atoms with Crippen molar-refractivity contribution in [3.05, 3.63) is 35.5 Å². The molecule has 2 aromatic rings. The van der Waals surface area contributed by atoms with E-state index in [1.165, 1.54) is 12.1 Å². The number of pyridine rings is 1. The highest BCUT2D eigenvalue weighted by molar-refractivity contribution is 7.89. The Kier molecular flexibility index (Phi) is 4.02. The molecule has 108 valence electrons. The minimum absolute atomic E-state index is 0.121. The van der Waals surface area contributed by atoms with Crippen molar-refractivity contribution in [1.82, 2.24) is 9.71 Å². The number of nitrogens with zero attached hydrogens (tertiary/aromatic N) is 1. The van der Waals surface area contributed by atoms with Gasteiger partial charge >= 0.3 is 0 Å². The molecule has 0 aliphatic carbocycles. The molecule has 2 N–H and O–H groups in total. The van der Waals surface area contributed by atoms with Crippen molar-refractivity contribution in [1.29, 1.82) is 0 Å². The Balaban J connectivity index is 2.45. The highest BCUT2D eigenvalue weighted by Gasteiger charge is 2.25. The van der Waals surface area contributed by atoms with Gasteiger partial charge in [-0.3, -0.25) is 0 Å². The fraction of sp³-hybridized carbons (Fsp3) is 0.308. The standard InChI is InChI=1S/C13H15ClN2O3S/c1-13(2,8-17)16-20(18,19)10-4-5-11-9(7-10)3-6-12(14)15-11/h3-7,16-17H,8H2,1-2H3. The lowest BCUT2D eigenvalue weighted by atomic mass is 10.1. The maximum Gasteiger partial charge on any atom is 0.241 e. The molecule has 5 nitrogen and oxygen atoms in total. The summed E-state index contributed by atoms with van der Waals surface area (Å²) < 4.78 is 26.9. The van der Waals surface area contributed by atoms with Gasteiger partial charge in [0.2, 0.25) is 10.0 Å². The summed E-state index contributed by atoms with van der Waals surface area (Å²) in [5.41, 5.74) is -0.302. The molecular formula is C13H15ClN2O3S. The van der Waals surface area contributed by atoms with Crippen LogP contribution in [0.2, 0.25) is 5.15 Å². The SMILES string of the molecule is CC(C)(CO)NS(=O)(=O)c1ccc2nc(Cl)ccc2c1. The van der Waals surface area contributed by atoms with Gasteiger partial charge in [-0.2, -0.15) is 0 Å².